The molecule has 1 saturated heterocycles. The van der Waals surface area contributed by atoms with Gasteiger partial charge in [0.05, 0.1) is 11.7 Å². The number of hydrogen-bond acceptors (Lipinski definition) is 5. The van der Waals surface area contributed by atoms with Crippen molar-refractivity contribution >= 4 is 0 Å². The normalized spacial score (nSPS) is 21.7. The van der Waals surface area contributed by atoms with Crippen molar-refractivity contribution in [2.24, 2.45) is 0 Å². The molecule has 19 heavy (non-hydrogen) atoms. The highest BCUT2D eigenvalue weighted by molar-refractivity contribution is 5.06. The van der Waals surface area contributed by atoms with Crippen molar-refractivity contribution in [1.29, 1.82) is 0 Å². The summed E-state index contributed by atoms with van der Waals surface area (Å²) in [6.45, 7) is 7.22. The van der Waals surface area contributed by atoms with Crippen LogP contribution in [0.25, 0.3) is 0 Å². The van der Waals surface area contributed by atoms with Gasteiger partial charge in [0.25, 0.3) is 0 Å². The van der Waals surface area contributed by atoms with E-state index in [1.807, 2.05) is 12.3 Å². The lowest BCUT2D eigenvalue weighted by Gasteiger charge is -2.36. The predicted molar refractivity (Wildman–Crippen MR) is 76.9 cm³/mol. The first kappa shape index (κ1) is 14.4. The van der Waals surface area contributed by atoms with E-state index in [9.17, 15) is 0 Å². The molecule has 0 saturated carbocycles. The van der Waals surface area contributed by atoms with Crippen molar-refractivity contribution in [3.05, 3.63) is 23.8 Å². The van der Waals surface area contributed by atoms with Gasteiger partial charge in [-0.15, -0.1) is 0 Å². The SMILES string of the molecule is CCCNCc1ccnc(C2CN(C)CCN2C)n1. The van der Waals surface area contributed by atoms with Gasteiger partial charge in [-0.05, 0) is 33.1 Å². The molecule has 1 atom stereocenters. The van der Waals surface area contributed by atoms with Gasteiger partial charge >= 0.3 is 0 Å². The fourth-order valence-electron chi connectivity index (χ4n) is 2.35. The highest BCUT2D eigenvalue weighted by atomic mass is 15.3. The van der Waals surface area contributed by atoms with Crippen molar-refractivity contribution < 1.29 is 0 Å². The first-order chi connectivity index (χ1) is 9.20. The standard InChI is InChI=1S/C14H25N5/c1-4-6-15-10-12-5-7-16-14(17-12)13-11-18(2)8-9-19(13)3/h5,7,13,15H,4,6,8-11H2,1-3H3. The smallest absolute Gasteiger partial charge is 0.146 e. The predicted octanol–water partition coefficient (Wildman–Crippen LogP) is 0.895. The molecule has 0 amide bonds. The van der Waals surface area contributed by atoms with Gasteiger partial charge in [-0.1, -0.05) is 6.92 Å². The van der Waals surface area contributed by atoms with E-state index in [-0.39, 0.29) is 0 Å². The summed E-state index contributed by atoms with van der Waals surface area (Å²) in [5, 5.41) is 3.39. The Labute approximate surface area is 116 Å². The number of nitrogens with zero attached hydrogens (tertiary/aromatic N) is 4. The van der Waals surface area contributed by atoms with Crippen molar-refractivity contribution in [2.75, 3.05) is 40.3 Å². The summed E-state index contributed by atoms with van der Waals surface area (Å²) in [6.07, 6.45) is 3.03. The van der Waals surface area contributed by atoms with Gasteiger partial charge in [0.15, 0.2) is 0 Å². The van der Waals surface area contributed by atoms with Crippen LogP contribution in [-0.2, 0) is 6.54 Å². The molecule has 0 aromatic carbocycles. The summed E-state index contributed by atoms with van der Waals surface area (Å²) in [6, 6.07) is 2.31. The molecular weight excluding hydrogens is 238 g/mol. The Kier molecular flexibility index (Phi) is 5.24. The average Bonchev–Trinajstić information content (AvgIpc) is 2.42. The van der Waals surface area contributed by atoms with Crippen molar-refractivity contribution in [2.45, 2.75) is 25.9 Å². The molecule has 1 aliphatic heterocycles. The minimum absolute atomic E-state index is 0.310. The summed E-state index contributed by atoms with van der Waals surface area (Å²) in [7, 11) is 4.32. The van der Waals surface area contributed by atoms with E-state index in [2.05, 4.69) is 41.1 Å². The zero-order valence-electron chi connectivity index (χ0n) is 12.3. The van der Waals surface area contributed by atoms with Gasteiger partial charge in [-0.3, -0.25) is 4.90 Å². The van der Waals surface area contributed by atoms with E-state index in [1.165, 1.54) is 0 Å². The number of rotatable bonds is 5. The number of likely N-dealkylation sites (N-methyl/N-ethyl adjacent to an activating group) is 2. The van der Waals surface area contributed by atoms with E-state index >= 15 is 0 Å². The monoisotopic (exact) mass is 263 g/mol. The van der Waals surface area contributed by atoms with E-state index in [0.29, 0.717) is 6.04 Å². The average molecular weight is 263 g/mol. The summed E-state index contributed by atoms with van der Waals surface area (Å²) >= 11 is 0. The number of hydrogen-bond donors (Lipinski definition) is 1. The molecule has 0 spiro atoms. The molecule has 1 N–H and O–H groups in total. The van der Waals surface area contributed by atoms with E-state index < -0.39 is 0 Å². The quantitative estimate of drug-likeness (QED) is 0.800. The van der Waals surface area contributed by atoms with Crippen LogP contribution in [0.2, 0.25) is 0 Å². The van der Waals surface area contributed by atoms with Crippen LogP contribution in [0.3, 0.4) is 0 Å². The second-order valence-corrected chi connectivity index (χ2v) is 5.34. The fourth-order valence-corrected chi connectivity index (χ4v) is 2.35. The van der Waals surface area contributed by atoms with Crippen molar-refractivity contribution in [3.8, 4) is 0 Å². The fraction of sp³-hybridized carbons (Fsp3) is 0.714. The van der Waals surface area contributed by atoms with Gasteiger partial charge < -0.3 is 10.2 Å². The molecule has 106 valence electrons. The van der Waals surface area contributed by atoms with E-state index in [1.54, 1.807) is 0 Å². The molecule has 1 aliphatic rings. The third-order valence-electron chi connectivity index (χ3n) is 3.61. The molecule has 0 aliphatic carbocycles. The molecule has 1 fully saturated rings. The van der Waals surface area contributed by atoms with Crippen LogP contribution in [0.4, 0.5) is 0 Å². The Morgan fingerprint density at radius 2 is 2.21 bits per heavy atom. The maximum atomic E-state index is 4.71. The van der Waals surface area contributed by atoms with Crippen molar-refractivity contribution in [1.82, 2.24) is 25.1 Å². The van der Waals surface area contributed by atoms with Gasteiger partial charge in [-0.25, -0.2) is 9.97 Å². The van der Waals surface area contributed by atoms with Crippen LogP contribution in [0, 0.1) is 0 Å². The Morgan fingerprint density at radius 3 is 3.00 bits per heavy atom. The summed E-state index contributed by atoms with van der Waals surface area (Å²) < 4.78 is 0. The highest BCUT2D eigenvalue weighted by Gasteiger charge is 2.25. The van der Waals surface area contributed by atoms with Crippen molar-refractivity contribution in [3.63, 3.8) is 0 Å². The maximum absolute atomic E-state index is 4.71. The summed E-state index contributed by atoms with van der Waals surface area (Å²) in [4.78, 5) is 13.9. The minimum Gasteiger partial charge on any atom is -0.311 e. The molecule has 2 rings (SSSR count). The second-order valence-electron chi connectivity index (χ2n) is 5.34. The largest absolute Gasteiger partial charge is 0.311 e. The Morgan fingerprint density at radius 1 is 1.37 bits per heavy atom. The van der Waals surface area contributed by atoms with Gasteiger partial charge in [0.2, 0.25) is 0 Å². The molecule has 0 bridgehead atoms. The maximum Gasteiger partial charge on any atom is 0.146 e. The third kappa shape index (κ3) is 3.96. The summed E-state index contributed by atoms with van der Waals surface area (Å²) in [5.74, 6) is 0.949. The van der Waals surface area contributed by atoms with Crippen LogP contribution in [0.15, 0.2) is 12.3 Å². The first-order valence-electron chi connectivity index (χ1n) is 7.12. The lowest BCUT2D eigenvalue weighted by Crippen LogP contribution is -2.45. The van der Waals surface area contributed by atoms with Crippen LogP contribution >= 0.6 is 0 Å². The van der Waals surface area contributed by atoms with Crippen LogP contribution in [-0.4, -0.2) is 60.0 Å². The summed E-state index contributed by atoms with van der Waals surface area (Å²) in [5.41, 5.74) is 1.08. The first-order valence-corrected chi connectivity index (χ1v) is 7.12. The zero-order valence-corrected chi connectivity index (χ0v) is 12.3. The number of piperazine rings is 1. The van der Waals surface area contributed by atoms with E-state index in [4.69, 9.17) is 4.98 Å². The highest BCUT2D eigenvalue weighted by Crippen LogP contribution is 2.20. The molecule has 1 aromatic heterocycles. The Bertz CT molecular complexity index is 395. The number of aromatic nitrogens is 2. The molecule has 2 heterocycles. The zero-order chi connectivity index (χ0) is 13.7. The van der Waals surface area contributed by atoms with Crippen LogP contribution in [0.1, 0.15) is 30.9 Å². The van der Waals surface area contributed by atoms with Gasteiger partial charge in [0, 0.05) is 32.4 Å². The van der Waals surface area contributed by atoms with Crippen LogP contribution < -0.4 is 5.32 Å². The lowest BCUT2D eigenvalue weighted by molar-refractivity contribution is 0.109. The minimum atomic E-state index is 0.310. The molecule has 1 aromatic rings. The Hall–Kier alpha value is -1.04. The van der Waals surface area contributed by atoms with E-state index in [0.717, 1.165) is 50.7 Å². The molecule has 0 radical (unpaired) electrons. The molecule has 1 unspecified atom stereocenters. The molecule has 5 nitrogen and oxygen atoms in total. The topological polar surface area (TPSA) is 44.3 Å². The molecule has 5 heteroatoms. The number of nitrogens with one attached hydrogen (secondary N) is 1. The third-order valence-corrected chi connectivity index (χ3v) is 3.61. The lowest BCUT2D eigenvalue weighted by atomic mass is 10.1. The second kappa shape index (κ2) is 6.93. The Balaban J connectivity index is 2.04. The van der Waals surface area contributed by atoms with Crippen LogP contribution in [0.5, 0.6) is 0 Å². The van der Waals surface area contributed by atoms with Gasteiger partial charge in [0.1, 0.15) is 5.82 Å². The molecular formula is C14H25N5. The van der Waals surface area contributed by atoms with Gasteiger partial charge in [-0.2, -0.15) is 0 Å².